The average molecular weight is 416 g/mol. The van der Waals surface area contributed by atoms with Crippen molar-refractivity contribution < 1.29 is 9.53 Å². The number of carbonyl (C=O) groups is 1. The van der Waals surface area contributed by atoms with Crippen LogP contribution in [-0.2, 0) is 13.0 Å². The predicted molar refractivity (Wildman–Crippen MR) is 97.8 cm³/mol. The summed E-state index contributed by atoms with van der Waals surface area (Å²) in [5, 5.41) is 13.2. The zero-order chi connectivity index (χ0) is 16.2. The van der Waals surface area contributed by atoms with Crippen molar-refractivity contribution in [2.24, 2.45) is 0 Å². The Morgan fingerprint density at radius 1 is 1.50 bits per heavy atom. The Labute approximate surface area is 155 Å². The number of benzene rings is 1. The minimum Gasteiger partial charge on any atom is -0.489 e. The second-order valence-corrected chi connectivity index (χ2v) is 6.47. The van der Waals surface area contributed by atoms with E-state index >= 15 is 0 Å². The zero-order valence-electron chi connectivity index (χ0n) is 13.3. The number of fused-ring (bicyclic) bond motifs is 1. The lowest BCUT2D eigenvalue weighted by atomic mass is 10.1. The summed E-state index contributed by atoms with van der Waals surface area (Å²) in [5.74, 6) is 0.596. The molecule has 1 amide bonds. The molecule has 0 bridgehead atoms. The molecule has 0 saturated heterocycles. The number of ether oxygens (including phenoxy) is 1. The molecule has 1 atom stereocenters. The van der Waals surface area contributed by atoms with E-state index in [4.69, 9.17) is 4.74 Å². The van der Waals surface area contributed by atoms with Crippen molar-refractivity contribution in [3.05, 3.63) is 45.7 Å². The van der Waals surface area contributed by atoms with Crippen LogP contribution in [-0.4, -0.2) is 35.3 Å². The molecule has 2 aromatic rings. The molecule has 6 nitrogen and oxygen atoms in total. The molecule has 0 saturated carbocycles. The minimum atomic E-state index is -0.170. The van der Waals surface area contributed by atoms with E-state index < -0.39 is 0 Å². The summed E-state index contributed by atoms with van der Waals surface area (Å²) in [5.41, 5.74) is 2.49. The highest BCUT2D eigenvalue weighted by molar-refractivity contribution is 9.10. The minimum absolute atomic E-state index is 0. The molecule has 3 rings (SSSR count). The van der Waals surface area contributed by atoms with E-state index in [1.165, 1.54) is 0 Å². The fourth-order valence-electron chi connectivity index (χ4n) is 2.55. The molecule has 1 aliphatic rings. The Bertz CT molecular complexity index is 707. The first-order chi connectivity index (χ1) is 11.1. The van der Waals surface area contributed by atoms with Crippen LogP contribution in [0.5, 0.6) is 5.75 Å². The number of hydrogen-bond acceptors (Lipinski definition) is 4. The fourth-order valence-corrected chi connectivity index (χ4v) is 2.93. The van der Waals surface area contributed by atoms with Gasteiger partial charge in [-0.05, 0) is 25.1 Å². The van der Waals surface area contributed by atoms with Crippen molar-refractivity contribution in [2.45, 2.75) is 26.0 Å². The topological polar surface area (TPSA) is 79.0 Å². The number of H-pyrrole nitrogens is 1. The monoisotopic (exact) mass is 414 g/mol. The molecule has 2 heterocycles. The summed E-state index contributed by atoms with van der Waals surface area (Å²) in [4.78, 5) is 12.3. The molecule has 1 unspecified atom stereocenters. The SMILES string of the molecule is CC(CNC(=O)c1n[nH]c2c1CNCC2)Oc1cccc(Br)c1.Cl. The average Bonchev–Trinajstić information content (AvgIpc) is 2.97. The number of amides is 1. The highest BCUT2D eigenvalue weighted by Gasteiger charge is 2.21. The van der Waals surface area contributed by atoms with E-state index in [9.17, 15) is 4.79 Å². The fraction of sp³-hybridized carbons (Fsp3) is 0.375. The van der Waals surface area contributed by atoms with Crippen LogP contribution < -0.4 is 15.4 Å². The van der Waals surface area contributed by atoms with Crippen molar-refractivity contribution in [3.8, 4) is 5.75 Å². The van der Waals surface area contributed by atoms with Crippen molar-refractivity contribution in [3.63, 3.8) is 0 Å². The van der Waals surface area contributed by atoms with Crippen LogP contribution in [0.2, 0.25) is 0 Å². The molecule has 1 aliphatic heterocycles. The summed E-state index contributed by atoms with van der Waals surface area (Å²) < 4.78 is 6.75. The normalized spacial score (nSPS) is 14.2. The zero-order valence-corrected chi connectivity index (χ0v) is 15.7. The van der Waals surface area contributed by atoms with Crippen LogP contribution in [0.25, 0.3) is 0 Å². The van der Waals surface area contributed by atoms with E-state index in [0.717, 1.165) is 34.4 Å². The van der Waals surface area contributed by atoms with Gasteiger partial charge in [-0.2, -0.15) is 5.10 Å². The Balaban J connectivity index is 0.00000208. The van der Waals surface area contributed by atoms with Gasteiger partial charge < -0.3 is 15.4 Å². The summed E-state index contributed by atoms with van der Waals surface area (Å²) in [6.07, 6.45) is 0.735. The van der Waals surface area contributed by atoms with Gasteiger partial charge in [0.25, 0.3) is 5.91 Å². The van der Waals surface area contributed by atoms with Gasteiger partial charge in [-0.1, -0.05) is 22.0 Å². The standard InChI is InChI=1S/C16H19BrN4O2.ClH/c1-10(23-12-4-2-3-11(17)7-12)8-19-16(22)15-13-9-18-6-5-14(13)20-21-15;/h2-4,7,10,18H,5-6,8-9H2,1H3,(H,19,22)(H,20,21);1H. The van der Waals surface area contributed by atoms with E-state index in [2.05, 4.69) is 36.8 Å². The number of nitrogens with zero attached hydrogens (tertiary/aromatic N) is 1. The molecular formula is C16H20BrClN4O2. The van der Waals surface area contributed by atoms with Gasteiger partial charge in [0.15, 0.2) is 5.69 Å². The Morgan fingerprint density at radius 3 is 3.12 bits per heavy atom. The number of carbonyl (C=O) groups excluding carboxylic acids is 1. The highest BCUT2D eigenvalue weighted by atomic mass is 79.9. The maximum absolute atomic E-state index is 12.3. The van der Waals surface area contributed by atoms with E-state index in [1.807, 2.05) is 31.2 Å². The lowest BCUT2D eigenvalue weighted by molar-refractivity contribution is 0.0926. The Kier molecular flexibility index (Phi) is 6.65. The van der Waals surface area contributed by atoms with E-state index in [-0.39, 0.29) is 24.4 Å². The van der Waals surface area contributed by atoms with Crippen LogP contribution in [0.15, 0.2) is 28.7 Å². The first-order valence-electron chi connectivity index (χ1n) is 7.60. The molecule has 0 spiro atoms. The number of hydrogen-bond donors (Lipinski definition) is 3. The Hall–Kier alpha value is -1.57. The second kappa shape index (κ2) is 8.50. The van der Waals surface area contributed by atoms with Crippen LogP contribution >= 0.6 is 28.3 Å². The van der Waals surface area contributed by atoms with Gasteiger partial charge in [0.05, 0.1) is 6.54 Å². The third kappa shape index (κ3) is 4.49. The third-order valence-electron chi connectivity index (χ3n) is 3.70. The van der Waals surface area contributed by atoms with E-state index in [0.29, 0.717) is 18.8 Å². The van der Waals surface area contributed by atoms with Crippen LogP contribution in [0, 0.1) is 0 Å². The summed E-state index contributed by atoms with van der Waals surface area (Å²) in [6, 6.07) is 7.63. The van der Waals surface area contributed by atoms with Gasteiger partial charge in [0.2, 0.25) is 0 Å². The molecule has 0 radical (unpaired) electrons. The summed E-state index contributed by atoms with van der Waals surface area (Å²) >= 11 is 3.41. The summed E-state index contributed by atoms with van der Waals surface area (Å²) in [7, 11) is 0. The second-order valence-electron chi connectivity index (χ2n) is 5.55. The molecule has 8 heteroatoms. The lowest BCUT2D eigenvalue weighted by Crippen LogP contribution is -2.35. The predicted octanol–water partition coefficient (Wildman–Crippen LogP) is 2.44. The van der Waals surface area contributed by atoms with Gasteiger partial charge >= 0.3 is 0 Å². The molecule has 1 aromatic carbocycles. The largest absolute Gasteiger partial charge is 0.489 e. The van der Waals surface area contributed by atoms with Crippen LogP contribution in [0.4, 0.5) is 0 Å². The smallest absolute Gasteiger partial charge is 0.272 e. The van der Waals surface area contributed by atoms with Crippen molar-refractivity contribution in [2.75, 3.05) is 13.1 Å². The van der Waals surface area contributed by atoms with Gasteiger partial charge in [0, 0.05) is 35.2 Å². The first-order valence-corrected chi connectivity index (χ1v) is 8.40. The maximum Gasteiger partial charge on any atom is 0.272 e. The van der Waals surface area contributed by atoms with Crippen molar-refractivity contribution in [1.82, 2.24) is 20.8 Å². The van der Waals surface area contributed by atoms with E-state index in [1.54, 1.807) is 0 Å². The van der Waals surface area contributed by atoms with Gasteiger partial charge in [-0.15, -0.1) is 12.4 Å². The van der Waals surface area contributed by atoms with Crippen LogP contribution in [0.3, 0.4) is 0 Å². The van der Waals surface area contributed by atoms with Gasteiger partial charge in [0.1, 0.15) is 11.9 Å². The molecule has 0 fully saturated rings. The quantitative estimate of drug-likeness (QED) is 0.701. The van der Waals surface area contributed by atoms with Gasteiger partial charge in [-0.25, -0.2) is 0 Å². The molecule has 24 heavy (non-hydrogen) atoms. The van der Waals surface area contributed by atoms with Crippen LogP contribution in [0.1, 0.15) is 28.7 Å². The molecule has 3 N–H and O–H groups in total. The molecule has 130 valence electrons. The number of aromatic nitrogens is 2. The van der Waals surface area contributed by atoms with Crippen molar-refractivity contribution >= 4 is 34.2 Å². The number of nitrogens with one attached hydrogen (secondary N) is 3. The lowest BCUT2D eigenvalue weighted by Gasteiger charge is -2.16. The third-order valence-corrected chi connectivity index (χ3v) is 4.20. The maximum atomic E-state index is 12.3. The Morgan fingerprint density at radius 2 is 2.33 bits per heavy atom. The molecule has 1 aromatic heterocycles. The van der Waals surface area contributed by atoms with Gasteiger partial charge in [-0.3, -0.25) is 9.89 Å². The molecule has 0 aliphatic carbocycles. The summed E-state index contributed by atoms with van der Waals surface area (Å²) in [6.45, 7) is 3.93. The highest BCUT2D eigenvalue weighted by Crippen LogP contribution is 2.19. The first kappa shape index (κ1) is 18.8. The number of rotatable bonds is 5. The molecular weight excluding hydrogens is 396 g/mol. The number of halogens is 2. The van der Waals surface area contributed by atoms with Crippen molar-refractivity contribution in [1.29, 1.82) is 0 Å². The number of aromatic amines is 1.